The highest BCUT2D eigenvalue weighted by molar-refractivity contribution is 5.97. The fraction of sp³-hybridized carbons (Fsp3) is 0.562. The molecule has 1 amide bonds. The first kappa shape index (κ1) is 17.5. The highest BCUT2D eigenvalue weighted by atomic mass is 16.5. The van der Waals surface area contributed by atoms with Crippen LogP contribution in [-0.2, 0) is 4.79 Å². The van der Waals surface area contributed by atoms with Crippen molar-refractivity contribution in [2.45, 2.75) is 32.2 Å². The molecule has 0 bridgehead atoms. The van der Waals surface area contributed by atoms with Crippen molar-refractivity contribution in [1.29, 1.82) is 0 Å². The van der Waals surface area contributed by atoms with Crippen molar-refractivity contribution >= 4 is 11.6 Å². The molecule has 1 aromatic carbocycles. The van der Waals surface area contributed by atoms with Gasteiger partial charge in [-0.15, -0.1) is 0 Å². The molecule has 0 radical (unpaired) electrons. The molecule has 0 aliphatic heterocycles. The van der Waals surface area contributed by atoms with Crippen molar-refractivity contribution in [2.75, 3.05) is 32.6 Å². The van der Waals surface area contributed by atoms with E-state index in [9.17, 15) is 4.79 Å². The average Bonchev–Trinajstić information content (AvgIpc) is 2.38. The van der Waals surface area contributed by atoms with Crippen LogP contribution < -0.4 is 15.8 Å². The summed E-state index contributed by atoms with van der Waals surface area (Å²) in [5.74, 6) is 0.568. The lowest BCUT2D eigenvalue weighted by Gasteiger charge is -2.23. The van der Waals surface area contributed by atoms with Crippen molar-refractivity contribution in [2.24, 2.45) is 5.73 Å². The van der Waals surface area contributed by atoms with Crippen molar-refractivity contribution in [3.8, 4) is 5.75 Å². The molecule has 5 heteroatoms. The van der Waals surface area contributed by atoms with E-state index < -0.39 is 5.54 Å². The third-order valence-electron chi connectivity index (χ3n) is 3.19. The summed E-state index contributed by atoms with van der Waals surface area (Å²) in [6.45, 7) is 5.21. The Kier molecular flexibility index (Phi) is 6.65. The van der Waals surface area contributed by atoms with Crippen LogP contribution in [0.1, 0.15) is 26.7 Å². The summed E-state index contributed by atoms with van der Waals surface area (Å²) in [6, 6.07) is 7.38. The van der Waals surface area contributed by atoms with E-state index in [1.165, 1.54) is 0 Å². The minimum atomic E-state index is -0.851. The summed E-state index contributed by atoms with van der Waals surface area (Å²) in [7, 11) is 3.99. The Hall–Kier alpha value is -1.59. The van der Waals surface area contributed by atoms with Gasteiger partial charge in [-0.25, -0.2) is 0 Å². The van der Waals surface area contributed by atoms with Gasteiger partial charge in [-0.1, -0.05) is 19.4 Å². The zero-order chi connectivity index (χ0) is 15.9. The van der Waals surface area contributed by atoms with Gasteiger partial charge < -0.3 is 20.7 Å². The van der Waals surface area contributed by atoms with Crippen LogP contribution >= 0.6 is 0 Å². The standard InChI is InChI=1S/C16H27N3O2/c1-5-9-16(2,17)15(20)18-13-7-6-8-14(12-13)21-11-10-19(3)4/h6-8,12H,5,9-11,17H2,1-4H3,(H,18,20). The van der Waals surface area contributed by atoms with Crippen LogP contribution in [0.2, 0.25) is 0 Å². The van der Waals surface area contributed by atoms with Gasteiger partial charge in [0.25, 0.3) is 0 Å². The highest BCUT2D eigenvalue weighted by Gasteiger charge is 2.27. The summed E-state index contributed by atoms with van der Waals surface area (Å²) in [4.78, 5) is 14.2. The summed E-state index contributed by atoms with van der Waals surface area (Å²) in [5, 5.41) is 2.85. The maximum atomic E-state index is 12.2. The first-order valence-electron chi connectivity index (χ1n) is 7.33. The zero-order valence-corrected chi connectivity index (χ0v) is 13.5. The fourth-order valence-corrected chi connectivity index (χ4v) is 1.92. The molecule has 0 saturated carbocycles. The lowest BCUT2D eigenvalue weighted by atomic mass is 9.96. The van der Waals surface area contributed by atoms with Crippen LogP contribution in [0.15, 0.2) is 24.3 Å². The maximum Gasteiger partial charge on any atom is 0.244 e. The number of nitrogens with zero attached hydrogens (tertiary/aromatic N) is 1. The second-order valence-electron chi connectivity index (χ2n) is 5.80. The van der Waals surface area contributed by atoms with Crippen LogP contribution in [0.4, 0.5) is 5.69 Å². The molecule has 118 valence electrons. The molecule has 0 spiro atoms. The number of hydrogen-bond acceptors (Lipinski definition) is 4. The Bertz CT molecular complexity index is 459. The molecule has 0 aliphatic carbocycles. The van der Waals surface area contributed by atoms with Crippen molar-refractivity contribution in [1.82, 2.24) is 4.90 Å². The highest BCUT2D eigenvalue weighted by Crippen LogP contribution is 2.19. The van der Waals surface area contributed by atoms with Gasteiger partial charge in [-0.3, -0.25) is 4.79 Å². The topological polar surface area (TPSA) is 67.6 Å². The molecule has 0 aliphatic rings. The minimum Gasteiger partial charge on any atom is -0.492 e. The van der Waals surface area contributed by atoms with Gasteiger partial charge in [0.1, 0.15) is 12.4 Å². The Labute approximate surface area is 127 Å². The quantitative estimate of drug-likeness (QED) is 0.770. The number of anilines is 1. The molecule has 1 rings (SSSR count). The molecule has 5 nitrogen and oxygen atoms in total. The van der Waals surface area contributed by atoms with E-state index in [2.05, 4.69) is 10.2 Å². The molecule has 1 aromatic rings. The van der Waals surface area contributed by atoms with Gasteiger partial charge in [0, 0.05) is 18.3 Å². The number of ether oxygens (including phenoxy) is 1. The van der Waals surface area contributed by atoms with Gasteiger partial charge in [0.2, 0.25) is 5.91 Å². The van der Waals surface area contributed by atoms with Gasteiger partial charge >= 0.3 is 0 Å². The molecule has 21 heavy (non-hydrogen) atoms. The maximum absolute atomic E-state index is 12.2. The number of amides is 1. The third-order valence-corrected chi connectivity index (χ3v) is 3.19. The monoisotopic (exact) mass is 293 g/mol. The third kappa shape index (κ3) is 6.14. The van der Waals surface area contributed by atoms with E-state index in [-0.39, 0.29) is 5.91 Å². The Balaban J connectivity index is 2.62. The normalized spacial score (nSPS) is 13.8. The smallest absolute Gasteiger partial charge is 0.244 e. The molecule has 0 fully saturated rings. The van der Waals surface area contributed by atoms with E-state index in [0.717, 1.165) is 18.7 Å². The number of carbonyl (C=O) groups is 1. The molecular weight excluding hydrogens is 266 g/mol. The summed E-state index contributed by atoms with van der Waals surface area (Å²) in [6.07, 6.45) is 1.52. The number of carbonyl (C=O) groups excluding carboxylic acids is 1. The van der Waals surface area contributed by atoms with E-state index in [1.807, 2.05) is 45.3 Å². The minimum absolute atomic E-state index is 0.171. The largest absolute Gasteiger partial charge is 0.492 e. The number of nitrogens with one attached hydrogen (secondary N) is 1. The fourth-order valence-electron chi connectivity index (χ4n) is 1.92. The first-order valence-corrected chi connectivity index (χ1v) is 7.33. The van der Waals surface area contributed by atoms with Crippen molar-refractivity contribution < 1.29 is 9.53 Å². The summed E-state index contributed by atoms with van der Waals surface area (Å²) < 4.78 is 5.65. The lowest BCUT2D eigenvalue weighted by Crippen LogP contribution is -2.48. The zero-order valence-electron chi connectivity index (χ0n) is 13.5. The molecule has 1 atom stereocenters. The average molecular weight is 293 g/mol. The van der Waals surface area contributed by atoms with Crippen LogP contribution in [-0.4, -0.2) is 43.6 Å². The van der Waals surface area contributed by atoms with Crippen molar-refractivity contribution in [3.63, 3.8) is 0 Å². The molecule has 3 N–H and O–H groups in total. The van der Waals surface area contributed by atoms with Crippen LogP contribution in [0.25, 0.3) is 0 Å². The Morgan fingerprint density at radius 2 is 2.14 bits per heavy atom. The van der Waals surface area contributed by atoms with Crippen LogP contribution in [0.3, 0.4) is 0 Å². The predicted molar refractivity (Wildman–Crippen MR) is 86.6 cm³/mol. The van der Waals surface area contributed by atoms with Gasteiger partial charge in [0.05, 0.1) is 5.54 Å². The van der Waals surface area contributed by atoms with Crippen LogP contribution in [0.5, 0.6) is 5.75 Å². The molecule has 0 aromatic heterocycles. The predicted octanol–water partition coefficient (Wildman–Crippen LogP) is 2.08. The second kappa shape index (κ2) is 8.00. The van der Waals surface area contributed by atoms with Crippen LogP contribution in [0, 0.1) is 0 Å². The van der Waals surface area contributed by atoms with E-state index >= 15 is 0 Å². The second-order valence-corrected chi connectivity index (χ2v) is 5.80. The lowest BCUT2D eigenvalue weighted by molar-refractivity contribution is -0.120. The first-order chi connectivity index (χ1) is 9.85. The molecular formula is C16H27N3O2. The van der Waals surface area contributed by atoms with E-state index in [0.29, 0.717) is 18.7 Å². The molecule has 1 unspecified atom stereocenters. The summed E-state index contributed by atoms with van der Waals surface area (Å²) >= 11 is 0. The SMILES string of the molecule is CCCC(C)(N)C(=O)Nc1cccc(OCCN(C)C)c1. The van der Waals surface area contributed by atoms with Gasteiger partial charge in [-0.2, -0.15) is 0 Å². The van der Waals surface area contributed by atoms with E-state index in [1.54, 1.807) is 6.92 Å². The number of rotatable bonds is 8. The van der Waals surface area contributed by atoms with Crippen molar-refractivity contribution in [3.05, 3.63) is 24.3 Å². The Morgan fingerprint density at radius 1 is 1.43 bits per heavy atom. The molecule has 0 heterocycles. The number of benzene rings is 1. The Morgan fingerprint density at radius 3 is 2.76 bits per heavy atom. The number of hydrogen-bond donors (Lipinski definition) is 2. The number of nitrogens with two attached hydrogens (primary N) is 1. The molecule has 0 saturated heterocycles. The summed E-state index contributed by atoms with van der Waals surface area (Å²) in [5.41, 5.74) is 5.87. The van der Waals surface area contributed by atoms with Gasteiger partial charge in [0.15, 0.2) is 0 Å². The van der Waals surface area contributed by atoms with Gasteiger partial charge in [-0.05, 0) is 39.6 Å². The van der Waals surface area contributed by atoms with E-state index in [4.69, 9.17) is 10.5 Å². The number of likely N-dealkylation sites (N-methyl/N-ethyl adjacent to an activating group) is 1.